The van der Waals surface area contributed by atoms with Crippen LogP contribution in [0.2, 0.25) is 5.02 Å². The van der Waals surface area contributed by atoms with Crippen LogP contribution in [0, 0.1) is 5.92 Å². The molecule has 0 radical (unpaired) electrons. The van der Waals surface area contributed by atoms with Crippen molar-refractivity contribution >= 4 is 17.6 Å². The average Bonchev–Trinajstić information content (AvgIpc) is 2.43. The molecule has 0 aliphatic rings. The van der Waals surface area contributed by atoms with Gasteiger partial charge < -0.3 is 15.7 Å². The van der Waals surface area contributed by atoms with Gasteiger partial charge in [0, 0.05) is 11.6 Å². The maximum atomic E-state index is 11.8. The SMILES string of the molecule is CCC(C)C(O)CNC(=O)NC(C)c1cccc(Cl)c1. The number of nitrogens with one attached hydrogen (secondary N) is 2. The minimum atomic E-state index is -0.521. The second-order valence-electron chi connectivity index (χ2n) is 5.08. The molecule has 0 heterocycles. The Labute approximate surface area is 125 Å². The lowest BCUT2D eigenvalue weighted by molar-refractivity contribution is 0.114. The van der Waals surface area contributed by atoms with Gasteiger partial charge in [-0.2, -0.15) is 0 Å². The van der Waals surface area contributed by atoms with Crippen molar-refractivity contribution in [2.45, 2.75) is 39.3 Å². The standard InChI is InChI=1S/C15H23ClN2O2/c1-4-10(2)14(19)9-17-15(20)18-11(3)12-6-5-7-13(16)8-12/h5-8,10-11,14,19H,4,9H2,1-3H3,(H2,17,18,20). The number of aliphatic hydroxyl groups is 1. The van der Waals surface area contributed by atoms with E-state index in [9.17, 15) is 9.90 Å². The Bertz CT molecular complexity index is 440. The molecule has 20 heavy (non-hydrogen) atoms. The predicted molar refractivity (Wildman–Crippen MR) is 81.9 cm³/mol. The van der Waals surface area contributed by atoms with Gasteiger partial charge in [-0.3, -0.25) is 0 Å². The minimum absolute atomic E-state index is 0.144. The third-order valence-electron chi connectivity index (χ3n) is 3.47. The van der Waals surface area contributed by atoms with E-state index in [1.54, 1.807) is 6.07 Å². The van der Waals surface area contributed by atoms with E-state index in [2.05, 4.69) is 10.6 Å². The first-order chi connectivity index (χ1) is 9.43. The van der Waals surface area contributed by atoms with Crippen molar-refractivity contribution in [1.29, 1.82) is 0 Å². The van der Waals surface area contributed by atoms with Crippen LogP contribution in [0.3, 0.4) is 0 Å². The molecular formula is C15H23ClN2O2. The highest BCUT2D eigenvalue weighted by molar-refractivity contribution is 6.30. The number of hydrogen-bond acceptors (Lipinski definition) is 2. The topological polar surface area (TPSA) is 61.4 Å². The Morgan fingerprint density at radius 3 is 2.70 bits per heavy atom. The van der Waals surface area contributed by atoms with Gasteiger partial charge in [0.2, 0.25) is 0 Å². The molecule has 0 aliphatic carbocycles. The highest BCUT2D eigenvalue weighted by atomic mass is 35.5. The predicted octanol–water partition coefficient (Wildman–Crippen LogP) is 3.11. The zero-order valence-electron chi connectivity index (χ0n) is 12.2. The maximum Gasteiger partial charge on any atom is 0.315 e. The molecule has 3 N–H and O–H groups in total. The van der Waals surface area contributed by atoms with Gasteiger partial charge in [0.25, 0.3) is 0 Å². The van der Waals surface area contributed by atoms with Crippen molar-refractivity contribution in [3.05, 3.63) is 34.9 Å². The molecule has 1 aromatic rings. The fourth-order valence-corrected chi connectivity index (χ4v) is 1.98. The third-order valence-corrected chi connectivity index (χ3v) is 3.70. The van der Waals surface area contributed by atoms with E-state index in [0.717, 1.165) is 12.0 Å². The third kappa shape index (κ3) is 5.39. The maximum absolute atomic E-state index is 11.8. The molecular weight excluding hydrogens is 276 g/mol. The fourth-order valence-electron chi connectivity index (χ4n) is 1.78. The van der Waals surface area contributed by atoms with Crippen LogP contribution in [-0.4, -0.2) is 23.8 Å². The summed E-state index contributed by atoms with van der Waals surface area (Å²) < 4.78 is 0. The van der Waals surface area contributed by atoms with Gasteiger partial charge in [-0.1, -0.05) is 44.0 Å². The summed E-state index contributed by atoms with van der Waals surface area (Å²) in [7, 11) is 0. The minimum Gasteiger partial charge on any atom is -0.391 e. The van der Waals surface area contributed by atoms with Crippen LogP contribution < -0.4 is 10.6 Å². The molecule has 5 heteroatoms. The first-order valence-corrected chi connectivity index (χ1v) is 7.29. The van der Waals surface area contributed by atoms with Gasteiger partial charge in [-0.25, -0.2) is 4.79 Å². The van der Waals surface area contributed by atoms with Crippen molar-refractivity contribution in [3.8, 4) is 0 Å². The molecule has 0 spiro atoms. The summed E-state index contributed by atoms with van der Waals surface area (Å²) in [5.41, 5.74) is 0.940. The fraction of sp³-hybridized carbons (Fsp3) is 0.533. The van der Waals surface area contributed by atoms with E-state index in [1.807, 2.05) is 39.0 Å². The monoisotopic (exact) mass is 298 g/mol. The van der Waals surface area contributed by atoms with Crippen LogP contribution in [-0.2, 0) is 0 Å². The molecule has 0 aromatic heterocycles. The summed E-state index contributed by atoms with van der Waals surface area (Å²) in [6, 6.07) is 6.93. The van der Waals surface area contributed by atoms with E-state index < -0.39 is 6.10 Å². The number of urea groups is 1. The number of carbonyl (C=O) groups is 1. The summed E-state index contributed by atoms with van der Waals surface area (Å²) in [5.74, 6) is 0.167. The lowest BCUT2D eigenvalue weighted by Crippen LogP contribution is -2.42. The van der Waals surface area contributed by atoms with Gasteiger partial charge >= 0.3 is 6.03 Å². The number of aliphatic hydroxyl groups excluding tert-OH is 1. The normalized spacial score (nSPS) is 15.2. The van der Waals surface area contributed by atoms with Crippen molar-refractivity contribution in [3.63, 3.8) is 0 Å². The van der Waals surface area contributed by atoms with Crippen LogP contribution in [0.15, 0.2) is 24.3 Å². The van der Waals surface area contributed by atoms with E-state index in [4.69, 9.17) is 11.6 Å². The Morgan fingerprint density at radius 1 is 1.40 bits per heavy atom. The Balaban J connectivity index is 2.42. The molecule has 0 aliphatic heterocycles. The van der Waals surface area contributed by atoms with Crippen molar-refractivity contribution in [1.82, 2.24) is 10.6 Å². The Kier molecular flexibility index (Phi) is 6.82. The Hall–Kier alpha value is -1.26. The number of hydrogen-bond donors (Lipinski definition) is 3. The zero-order valence-corrected chi connectivity index (χ0v) is 12.9. The molecule has 0 saturated carbocycles. The average molecular weight is 299 g/mol. The van der Waals surface area contributed by atoms with Crippen molar-refractivity contribution in [2.75, 3.05) is 6.54 Å². The second kappa shape index (κ2) is 8.12. The van der Waals surface area contributed by atoms with Gasteiger partial charge in [0.15, 0.2) is 0 Å². The smallest absolute Gasteiger partial charge is 0.315 e. The molecule has 4 nitrogen and oxygen atoms in total. The Morgan fingerprint density at radius 2 is 2.10 bits per heavy atom. The highest BCUT2D eigenvalue weighted by Crippen LogP contribution is 2.17. The van der Waals surface area contributed by atoms with Crippen LogP contribution in [0.1, 0.15) is 38.8 Å². The second-order valence-corrected chi connectivity index (χ2v) is 5.52. The number of rotatable bonds is 6. The number of halogens is 1. The molecule has 0 saturated heterocycles. The van der Waals surface area contributed by atoms with Crippen LogP contribution in [0.25, 0.3) is 0 Å². The van der Waals surface area contributed by atoms with E-state index in [1.165, 1.54) is 0 Å². The highest BCUT2D eigenvalue weighted by Gasteiger charge is 2.14. The lowest BCUT2D eigenvalue weighted by Gasteiger charge is -2.19. The number of carbonyl (C=O) groups excluding carboxylic acids is 1. The molecule has 112 valence electrons. The van der Waals surface area contributed by atoms with Crippen LogP contribution in [0.4, 0.5) is 4.79 Å². The molecule has 0 fully saturated rings. The number of amides is 2. The summed E-state index contributed by atoms with van der Waals surface area (Å²) in [5, 5.41) is 15.9. The molecule has 3 atom stereocenters. The first-order valence-electron chi connectivity index (χ1n) is 6.92. The molecule has 3 unspecified atom stereocenters. The molecule has 2 amide bonds. The lowest BCUT2D eigenvalue weighted by atomic mass is 10.0. The quantitative estimate of drug-likeness (QED) is 0.756. The van der Waals surface area contributed by atoms with Crippen LogP contribution in [0.5, 0.6) is 0 Å². The van der Waals surface area contributed by atoms with Crippen molar-refractivity contribution in [2.24, 2.45) is 5.92 Å². The van der Waals surface area contributed by atoms with Gasteiger partial charge in [-0.05, 0) is 30.5 Å². The van der Waals surface area contributed by atoms with E-state index in [-0.39, 0.29) is 24.5 Å². The first kappa shape index (κ1) is 16.8. The molecule has 1 rings (SSSR count). The van der Waals surface area contributed by atoms with E-state index >= 15 is 0 Å². The zero-order chi connectivity index (χ0) is 15.1. The van der Waals surface area contributed by atoms with Crippen molar-refractivity contribution < 1.29 is 9.90 Å². The molecule has 1 aromatic carbocycles. The van der Waals surface area contributed by atoms with Crippen LogP contribution >= 0.6 is 11.6 Å². The molecule has 0 bridgehead atoms. The van der Waals surface area contributed by atoms with E-state index in [0.29, 0.717) is 5.02 Å². The summed E-state index contributed by atoms with van der Waals surface area (Å²) in [6.07, 6.45) is 0.357. The summed E-state index contributed by atoms with van der Waals surface area (Å²) >= 11 is 5.92. The van der Waals surface area contributed by atoms with Gasteiger partial charge in [0.05, 0.1) is 12.1 Å². The summed E-state index contributed by atoms with van der Waals surface area (Å²) in [6.45, 7) is 6.10. The summed E-state index contributed by atoms with van der Waals surface area (Å²) in [4.78, 5) is 11.8. The van der Waals surface area contributed by atoms with Gasteiger partial charge in [0.1, 0.15) is 0 Å². The van der Waals surface area contributed by atoms with Gasteiger partial charge in [-0.15, -0.1) is 0 Å². The number of benzene rings is 1. The largest absolute Gasteiger partial charge is 0.391 e.